The molecule has 0 amide bonds. The summed E-state index contributed by atoms with van der Waals surface area (Å²) < 4.78 is 133. The molecule has 0 spiro atoms. The number of rotatable bonds is 17. The molecule has 12 fully saturated rings. The Morgan fingerprint density at radius 3 is 1.16 bits per heavy atom. The number of fused-ring (bicyclic) bond motifs is 7. The number of hydrogen-bond acceptors (Lipinski definition) is 38. The Bertz CT molecular complexity index is 4790. The SMILES string of the molecule is CC(C)(C)[Si](Cl)(c1ccccc1)c1ccccc1.CC1(C)O[C@H]2O[C@H](CO)C(O)[C@@H]2O1.CC[C@H]1OC(OC(C)=O)[C@@H](OC(C)=O)C1OC.CC[C@H]1O[C@@H](n2cnc3c(=O)[nH]c(C)nc32)[C@@H](OC(C)=O)C1OC.CC[C@H]1O[C@@H]2OC(C)(C)O[C@H]2C1O.CC[C@H]1O[C@@H]2OC(C)(C)O[C@H]2C1O.CC[C@H]1O[C@@H]2OC(C)(C)O[C@H]2C1OC.CC[C@H]1O[C@@H]2OC(C)(C)O[C@H]2C1OC.CI.Cc1nc2nc[nH]c2c(=O)[nH]1.[H-].[Na+].[Na+].[OH-]. The van der Waals surface area contributed by atoms with E-state index in [9.17, 15) is 39.3 Å². The molecule has 4 aromatic heterocycles. The number of benzene rings is 2. The summed E-state index contributed by atoms with van der Waals surface area (Å²) >= 11 is 9.36. The number of carbonyl (C=O) groups excluding carboxylic acids is 3. The molecule has 16 heterocycles. The van der Waals surface area contributed by atoms with Gasteiger partial charge in [0.25, 0.3) is 11.1 Å². The Morgan fingerprint density at radius 1 is 0.465 bits per heavy atom. The van der Waals surface area contributed by atoms with E-state index < -0.39 is 141 Å². The number of nitrogens with one attached hydrogen (secondary N) is 3. The summed E-state index contributed by atoms with van der Waals surface area (Å²) in [6.45, 7) is 44.1. The quantitative estimate of drug-likeness (QED) is 0.0172. The fourth-order valence-electron chi connectivity index (χ4n) is 18.1. The Hall–Kier alpha value is -4.25. The minimum absolute atomic E-state index is 0. The second kappa shape index (κ2) is 55.2. The number of nitrogens with zero attached hydrogens (tertiary/aromatic N) is 5. The molecule has 42 nitrogen and oxygen atoms in total. The van der Waals surface area contributed by atoms with Crippen LogP contribution in [-0.4, -0.2) is 325 Å². The summed E-state index contributed by atoms with van der Waals surface area (Å²) in [4.78, 5) is 82.7. The van der Waals surface area contributed by atoms with E-state index in [0.29, 0.717) is 41.3 Å². The Morgan fingerprint density at radius 2 is 0.796 bits per heavy atom. The summed E-state index contributed by atoms with van der Waals surface area (Å²) in [5.41, 5.74) is 0.977. The summed E-state index contributed by atoms with van der Waals surface area (Å²) in [7, 11) is 4.20. The molecule has 0 radical (unpaired) electrons. The molecule has 18 rings (SSSR count). The van der Waals surface area contributed by atoms with E-state index in [4.69, 9.17) is 130 Å². The van der Waals surface area contributed by atoms with Crippen molar-refractivity contribution in [2.75, 3.05) is 40.0 Å². The first kappa shape index (κ1) is 126. The van der Waals surface area contributed by atoms with Gasteiger partial charge in [-0.1, -0.05) is 146 Å². The Kier molecular flexibility index (Phi) is 49.1. The fraction of sp³-hybridized carbons (Fsp3) is 0.737. The van der Waals surface area contributed by atoms with Crippen LogP contribution < -0.4 is 80.6 Å². The molecule has 0 bridgehead atoms. The number of hydrogen-bond donors (Lipinski definition) is 7. The van der Waals surface area contributed by atoms with E-state index in [1.54, 1.807) is 53.6 Å². The maximum atomic E-state index is 12.0. The smallest absolute Gasteiger partial charge is 1.00 e. The van der Waals surface area contributed by atoms with Crippen LogP contribution in [0.5, 0.6) is 0 Å². The van der Waals surface area contributed by atoms with Crippen molar-refractivity contribution in [1.82, 2.24) is 39.5 Å². The van der Waals surface area contributed by atoms with E-state index in [1.165, 1.54) is 50.9 Å². The predicted molar refractivity (Wildman–Crippen MR) is 518 cm³/mol. The molecule has 0 aliphatic carbocycles. The first-order chi connectivity index (χ1) is 65.4. The molecule has 47 heteroatoms. The number of imidazole rings is 2. The molecular weight excluding hydrogens is 2030 g/mol. The average molecular weight is 2180 g/mol. The van der Waals surface area contributed by atoms with Gasteiger partial charge in [-0.05, 0) is 142 Å². The molecule has 12 aliphatic heterocycles. The monoisotopic (exact) mass is 2180 g/mol. The van der Waals surface area contributed by atoms with E-state index in [0.717, 1.165) is 25.7 Å². The average Bonchev–Trinajstić information content (AvgIpc) is 1.76. The Balaban J connectivity index is 0.000000284. The summed E-state index contributed by atoms with van der Waals surface area (Å²) in [5.74, 6) is -3.41. The molecule has 0 saturated carbocycles. The van der Waals surface area contributed by atoms with Crippen LogP contribution in [0.1, 0.15) is 210 Å². The van der Waals surface area contributed by atoms with Crippen molar-refractivity contribution in [3.63, 3.8) is 0 Å². The first-order valence-electron chi connectivity index (χ1n) is 47.1. The number of H-pyrrole nitrogens is 3. The number of aromatic nitrogens is 8. The number of aliphatic hydroxyl groups is 4. The normalized spacial score (nSPS) is 33.0. The molecule has 8 N–H and O–H groups in total. The number of carbonyl (C=O) groups is 3. The molecule has 12 aliphatic rings. The standard InChI is InChI=1S/C16H19ClSi.C15H20N4O5.C11H18O6.2C10H18O4.2C9H16O4.C8H14O5.C6H6N4O.CH3I.2Na.H2O.H/c1-16(2,3)18(17,14-10-6-4-7-11-14)15-12-8-5-9-13-15;1-5-9-11(22-4)12(23-8(3)20)15(24-9)19-6-16-10-13(19)17-7(2)18-14(10)21;1-5-8-9(14-4)10(15-6(2)12)11(17-8)16-7(3)13;2*1-5-6-7(11-4)8-9(12-6)14-10(2,3)13-8;2*1-4-5-6(10)7-8(11-5)13-9(2,3)12-7;1-8(2)12-6-5(10)4(3-9)11-7(6)13-8;1-3-9-5-4(6(11)10-3)7-2-8-5;1-2;;;;/h4-13H,1-3H3;6,9,11-12,15H,5H2,1-4H3,(H,17,18,21);8-11H,5H2,1-4H3;2*6-9H,5H2,1-4H3;2*5-8,10H,4H2,1-3H3;4-7,9-10H,3H2,1-2H3;2H,1H3,(H2,7,8,9,10,11);1H3;;;1H2;/q;;;;;;;;;;2*+1;;-1/p-1/t;9-,11?,12+,15-;8-,9?,10+,11?;2*6-,7?,8+,9-;2*5-,6?,7+,8-;4-,5?,6+,7-;;;;;;/m.1111111....../s1. The van der Waals surface area contributed by atoms with Crippen molar-refractivity contribution >= 4 is 91.7 Å². The van der Waals surface area contributed by atoms with Crippen LogP contribution in [0, 0.1) is 13.8 Å². The van der Waals surface area contributed by atoms with Crippen LogP contribution in [0.2, 0.25) is 5.04 Å². The maximum Gasteiger partial charge on any atom is 1.00 e. The van der Waals surface area contributed by atoms with Crippen molar-refractivity contribution in [3.05, 3.63) is 106 Å². The van der Waals surface area contributed by atoms with Gasteiger partial charge in [0.2, 0.25) is 13.7 Å². The molecule has 12 saturated heterocycles. The topological polar surface area (TPSA) is 522 Å². The molecule has 142 heavy (non-hydrogen) atoms. The maximum absolute atomic E-state index is 12.0. The van der Waals surface area contributed by atoms with Gasteiger partial charge in [-0.15, -0.1) is 0 Å². The van der Waals surface area contributed by atoms with E-state index in [2.05, 4.69) is 141 Å². The minimum atomic E-state index is -2.23. The van der Waals surface area contributed by atoms with Crippen LogP contribution in [0.4, 0.5) is 0 Å². The number of alkyl halides is 1. The van der Waals surface area contributed by atoms with Crippen molar-refractivity contribution < 1.29 is 215 Å². The largest absolute Gasteiger partial charge is 1.00 e. The zero-order valence-electron chi connectivity index (χ0n) is 88.6. The summed E-state index contributed by atoms with van der Waals surface area (Å²) in [6, 6.07) is 21.1. The third kappa shape index (κ3) is 31.5. The van der Waals surface area contributed by atoms with Gasteiger partial charge in [-0.25, -0.2) is 19.9 Å². The molecular formula is C95H150ClIN8Na2O34Si. The van der Waals surface area contributed by atoms with Gasteiger partial charge in [-0.3, -0.25) is 28.5 Å². The first-order valence-corrected chi connectivity index (χ1v) is 52.2. The number of halogens is 2. The van der Waals surface area contributed by atoms with E-state index in [1.807, 2.05) is 100 Å². The van der Waals surface area contributed by atoms with Crippen LogP contribution >= 0.6 is 33.7 Å². The number of aliphatic hydroxyl groups excluding tert-OH is 4. The van der Waals surface area contributed by atoms with Crippen LogP contribution in [0.3, 0.4) is 0 Å². The third-order valence-electron chi connectivity index (χ3n) is 24.3. The van der Waals surface area contributed by atoms with Gasteiger partial charge in [0.05, 0.1) is 55.9 Å². The number of methoxy groups -OCH3 is 4. The van der Waals surface area contributed by atoms with Crippen molar-refractivity contribution in [2.45, 2.75) is 411 Å². The second-order valence-corrected chi connectivity index (χ2v) is 43.5. The van der Waals surface area contributed by atoms with Crippen molar-refractivity contribution in [2.24, 2.45) is 0 Å². The summed E-state index contributed by atoms with van der Waals surface area (Å²) in [6.07, 6.45) is -2.40. The molecule has 8 unspecified atom stereocenters. The van der Waals surface area contributed by atoms with Crippen LogP contribution in [0.25, 0.3) is 22.3 Å². The molecule has 28 atom stereocenters. The molecule has 794 valence electrons. The summed E-state index contributed by atoms with van der Waals surface area (Å²) in [5, 5.41) is 40.6. The second-order valence-electron chi connectivity index (χ2n) is 37.9. The van der Waals surface area contributed by atoms with Gasteiger partial charge >= 0.3 is 77.0 Å². The molecule has 2 aromatic carbocycles. The van der Waals surface area contributed by atoms with Crippen LogP contribution in [0.15, 0.2) is 82.9 Å². The Labute approximate surface area is 895 Å². The molecule has 6 aromatic rings. The predicted octanol–water partition coefficient (Wildman–Crippen LogP) is 3.11. The van der Waals surface area contributed by atoms with E-state index >= 15 is 0 Å². The van der Waals surface area contributed by atoms with Gasteiger partial charge in [0.15, 0.2) is 101 Å². The van der Waals surface area contributed by atoms with Gasteiger partial charge in [0, 0.05) is 49.2 Å². The van der Waals surface area contributed by atoms with E-state index in [-0.39, 0.29) is 180 Å². The van der Waals surface area contributed by atoms with Crippen molar-refractivity contribution in [1.29, 1.82) is 0 Å². The number of aryl methyl sites for hydroxylation is 2. The number of aromatic amines is 3. The van der Waals surface area contributed by atoms with Gasteiger partial charge < -0.3 is 156 Å². The van der Waals surface area contributed by atoms with Crippen LogP contribution in [-0.2, 0) is 128 Å². The van der Waals surface area contributed by atoms with Gasteiger partial charge in [-0.2, -0.15) is 11.1 Å². The third-order valence-corrected chi connectivity index (χ3v) is 31.6. The fourth-order valence-corrected chi connectivity index (χ4v) is 22.2. The zero-order chi connectivity index (χ0) is 103. The van der Waals surface area contributed by atoms with Crippen molar-refractivity contribution in [3.8, 4) is 0 Å². The minimum Gasteiger partial charge on any atom is -1.00 e. The number of esters is 3. The van der Waals surface area contributed by atoms with Gasteiger partial charge in [0.1, 0.15) is 91.0 Å². The zero-order valence-corrected chi connectivity index (χ0v) is 95.5. The number of ether oxygens (including phenoxy) is 24.